The lowest BCUT2D eigenvalue weighted by atomic mass is 10.0. The molecule has 3 rings (SSSR count). The number of carbonyl (C=O) groups excluding carboxylic acids is 2. The maximum absolute atomic E-state index is 12.1. The summed E-state index contributed by atoms with van der Waals surface area (Å²) in [5.74, 6) is 1.72. The first-order valence-electron chi connectivity index (χ1n) is 6.80. The van der Waals surface area contributed by atoms with Gasteiger partial charge in [-0.2, -0.15) is 0 Å². The molecule has 2 unspecified atom stereocenters. The molecule has 0 heterocycles. The molecule has 0 radical (unpaired) electrons. The monoisotopic (exact) mass is 258 g/mol. The van der Waals surface area contributed by atoms with Crippen molar-refractivity contribution in [2.45, 2.75) is 19.3 Å². The van der Waals surface area contributed by atoms with Crippen LogP contribution in [0, 0.1) is 17.8 Å². The van der Waals surface area contributed by atoms with Gasteiger partial charge in [-0.25, -0.2) is 0 Å². The van der Waals surface area contributed by atoms with Gasteiger partial charge in [0.2, 0.25) is 5.91 Å². The first-order chi connectivity index (χ1) is 9.17. The van der Waals surface area contributed by atoms with Crippen LogP contribution in [0.4, 0.5) is 5.69 Å². The molecule has 2 N–H and O–H groups in total. The molecule has 1 aromatic rings. The Morgan fingerprint density at radius 3 is 2.58 bits per heavy atom. The number of anilines is 1. The SMILES string of the molecule is CNC(=O)c1cccc(NC(=O)C2CC3CC3C2)c1. The molecule has 0 aromatic heterocycles. The molecule has 2 fully saturated rings. The number of fused-ring (bicyclic) bond motifs is 1. The summed E-state index contributed by atoms with van der Waals surface area (Å²) < 4.78 is 0. The van der Waals surface area contributed by atoms with Crippen LogP contribution < -0.4 is 10.6 Å². The van der Waals surface area contributed by atoms with E-state index in [4.69, 9.17) is 0 Å². The number of amides is 2. The van der Waals surface area contributed by atoms with E-state index in [1.165, 1.54) is 6.42 Å². The van der Waals surface area contributed by atoms with Gasteiger partial charge < -0.3 is 10.6 Å². The molecule has 2 saturated carbocycles. The maximum atomic E-state index is 12.1. The van der Waals surface area contributed by atoms with E-state index in [0.29, 0.717) is 11.3 Å². The number of carbonyl (C=O) groups is 2. The molecule has 1 aromatic carbocycles. The predicted molar refractivity (Wildman–Crippen MR) is 72.8 cm³/mol. The number of hydrogen-bond acceptors (Lipinski definition) is 2. The molecule has 2 aliphatic rings. The van der Waals surface area contributed by atoms with E-state index in [9.17, 15) is 9.59 Å². The lowest BCUT2D eigenvalue weighted by molar-refractivity contribution is -0.120. The Kier molecular flexibility index (Phi) is 3.01. The van der Waals surface area contributed by atoms with Gasteiger partial charge >= 0.3 is 0 Å². The van der Waals surface area contributed by atoms with Crippen molar-refractivity contribution in [3.8, 4) is 0 Å². The molecule has 0 saturated heterocycles. The van der Waals surface area contributed by atoms with Crippen LogP contribution in [0.1, 0.15) is 29.6 Å². The summed E-state index contributed by atoms with van der Waals surface area (Å²) in [6.07, 6.45) is 3.38. The third-order valence-electron chi connectivity index (χ3n) is 4.23. The highest BCUT2D eigenvalue weighted by Crippen LogP contribution is 2.54. The van der Waals surface area contributed by atoms with Gasteiger partial charge in [0.05, 0.1) is 0 Å². The van der Waals surface area contributed by atoms with E-state index in [2.05, 4.69) is 10.6 Å². The van der Waals surface area contributed by atoms with Crippen molar-refractivity contribution in [1.82, 2.24) is 5.32 Å². The predicted octanol–water partition coefficient (Wildman–Crippen LogP) is 2.03. The van der Waals surface area contributed by atoms with Crippen molar-refractivity contribution in [1.29, 1.82) is 0 Å². The van der Waals surface area contributed by atoms with Crippen LogP contribution in [0.5, 0.6) is 0 Å². The van der Waals surface area contributed by atoms with Crippen LogP contribution >= 0.6 is 0 Å². The Morgan fingerprint density at radius 1 is 1.16 bits per heavy atom. The van der Waals surface area contributed by atoms with E-state index in [1.807, 2.05) is 6.07 Å². The zero-order valence-electron chi connectivity index (χ0n) is 11.0. The molecule has 4 nitrogen and oxygen atoms in total. The molecule has 4 heteroatoms. The summed E-state index contributed by atoms with van der Waals surface area (Å²) in [6.45, 7) is 0. The van der Waals surface area contributed by atoms with Gasteiger partial charge in [-0.3, -0.25) is 9.59 Å². The molecular weight excluding hydrogens is 240 g/mol. The van der Waals surface area contributed by atoms with Crippen molar-refractivity contribution >= 4 is 17.5 Å². The maximum Gasteiger partial charge on any atom is 0.251 e. The second-order valence-electron chi connectivity index (χ2n) is 5.57. The average molecular weight is 258 g/mol. The topological polar surface area (TPSA) is 58.2 Å². The van der Waals surface area contributed by atoms with Crippen LogP contribution in [0.15, 0.2) is 24.3 Å². The number of hydrogen-bond donors (Lipinski definition) is 2. The molecule has 0 bridgehead atoms. The smallest absolute Gasteiger partial charge is 0.251 e. The standard InChI is InChI=1S/C15H18N2O2/c1-16-14(18)9-3-2-4-13(8-9)17-15(19)12-6-10-5-11(10)7-12/h2-4,8,10-12H,5-7H2,1H3,(H,16,18)(H,17,19). The Labute approximate surface area is 112 Å². The van der Waals surface area contributed by atoms with E-state index >= 15 is 0 Å². The van der Waals surface area contributed by atoms with Gasteiger partial charge in [-0.1, -0.05) is 6.07 Å². The van der Waals surface area contributed by atoms with Crippen molar-refractivity contribution in [3.05, 3.63) is 29.8 Å². The highest BCUT2D eigenvalue weighted by Gasteiger charge is 2.47. The highest BCUT2D eigenvalue weighted by molar-refractivity contribution is 5.97. The summed E-state index contributed by atoms with van der Waals surface area (Å²) in [5.41, 5.74) is 1.27. The molecule has 0 aliphatic heterocycles. The van der Waals surface area contributed by atoms with Gasteiger partial charge in [-0.05, 0) is 49.3 Å². The van der Waals surface area contributed by atoms with Gasteiger partial charge in [-0.15, -0.1) is 0 Å². The van der Waals surface area contributed by atoms with Gasteiger partial charge in [0.15, 0.2) is 0 Å². The quantitative estimate of drug-likeness (QED) is 0.871. The number of nitrogens with one attached hydrogen (secondary N) is 2. The van der Waals surface area contributed by atoms with Gasteiger partial charge in [0.1, 0.15) is 0 Å². The second-order valence-corrected chi connectivity index (χ2v) is 5.57. The molecule has 19 heavy (non-hydrogen) atoms. The summed E-state index contributed by atoms with van der Waals surface area (Å²) in [5, 5.41) is 5.50. The van der Waals surface area contributed by atoms with Gasteiger partial charge in [0, 0.05) is 24.2 Å². The molecule has 2 aliphatic carbocycles. The van der Waals surface area contributed by atoms with E-state index in [0.717, 1.165) is 24.7 Å². The largest absolute Gasteiger partial charge is 0.355 e. The van der Waals surface area contributed by atoms with Crippen molar-refractivity contribution in [3.63, 3.8) is 0 Å². The van der Waals surface area contributed by atoms with Crippen LogP contribution in [0.25, 0.3) is 0 Å². The normalized spacial score (nSPS) is 27.5. The fraction of sp³-hybridized carbons (Fsp3) is 0.467. The van der Waals surface area contributed by atoms with Crippen molar-refractivity contribution in [2.24, 2.45) is 17.8 Å². The van der Waals surface area contributed by atoms with Crippen LogP contribution in [0.2, 0.25) is 0 Å². The van der Waals surface area contributed by atoms with E-state index in [1.54, 1.807) is 25.2 Å². The molecule has 0 spiro atoms. The zero-order valence-corrected chi connectivity index (χ0v) is 11.0. The fourth-order valence-corrected chi connectivity index (χ4v) is 3.06. The Hall–Kier alpha value is -1.84. The minimum atomic E-state index is -0.141. The van der Waals surface area contributed by atoms with Crippen molar-refractivity contribution in [2.75, 3.05) is 12.4 Å². The molecule has 2 atom stereocenters. The van der Waals surface area contributed by atoms with Gasteiger partial charge in [0.25, 0.3) is 5.91 Å². The third-order valence-corrected chi connectivity index (χ3v) is 4.23. The third kappa shape index (κ3) is 2.48. The molecule has 2 amide bonds. The van der Waals surface area contributed by atoms with Crippen LogP contribution in [0.3, 0.4) is 0 Å². The first-order valence-corrected chi connectivity index (χ1v) is 6.80. The number of benzene rings is 1. The lowest BCUT2D eigenvalue weighted by Gasteiger charge is -2.12. The second kappa shape index (κ2) is 4.68. The Morgan fingerprint density at radius 2 is 1.89 bits per heavy atom. The number of rotatable bonds is 3. The Balaban J connectivity index is 1.65. The Bertz CT molecular complexity index is 517. The highest BCUT2D eigenvalue weighted by atomic mass is 16.2. The first kappa shape index (κ1) is 12.2. The van der Waals surface area contributed by atoms with E-state index in [-0.39, 0.29) is 17.7 Å². The average Bonchev–Trinajstić information content (AvgIpc) is 3.04. The lowest BCUT2D eigenvalue weighted by Crippen LogP contribution is -2.22. The summed E-state index contributed by atoms with van der Waals surface area (Å²) >= 11 is 0. The minimum absolute atomic E-state index is 0.0984. The zero-order chi connectivity index (χ0) is 13.4. The summed E-state index contributed by atoms with van der Waals surface area (Å²) in [6, 6.07) is 7.05. The van der Waals surface area contributed by atoms with E-state index < -0.39 is 0 Å². The fourth-order valence-electron chi connectivity index (χ4n) is 3.06. The molecular formula is C15H18N2O2. The van der Waals surface area contributed by atoms with Crippen LogP contribution in [-0.2, 0) is 4.79 Å². The minimum Gasteiger partial charge on any atom is -0.355 e. The van der Waals surface area contributed by atoms with Crippen molar-refractivity contribution < 1.29 is 9.59 Å². The molecule has 100 valence electrons. The summed E-state index contributed by atoms with van der Waals surface area (Å²) in [7, 11) is 1.60. The summed E-state index contributed by atoms with van der Waals surface area (Å²) in [4.78, 5) is 23.7. The van der Waals surface area contributed by atoms with Crippen LogP contribution in [-0.4, -0.2) is 18.9 Å².